The predicted molar refractivity (Wildman–Crippen MR) is 108 cm³/mol. The summed E-state index contributed by atoms with van der Waals surface area (Å²) in [5.74, 6) is 1.07. The van der Waals surface area contributed by atoms with Crippen LogP contribution in [0.1, 0.15) is 5.82 Å². The Kier molecular flexibility index (Phi) is 4.40. The van der Waals surface area contributed by atoms with Crippen LogP contribution in [0.15, 0.2) is 65.6 Å². The van der Waals surface area contributed by atoms with Gasteiger partial charge in [0.15, 0.2) is 11.6 Å². The van der Waals surface area contributed by atoms with Crippen molar-refractivity contribution in [1.82, 2.24) is 19.7 Å². The summed E-state index contributed by atoms with van der Waals surface area (Å²) in [5.41, 5.74) is 1.79. The van der Waals surface area contributed by atoms with Crippen LogP contribution < -0.4 is 0 Å². The number of benzene rings is 2. The van der Waals surface area contributed by atoms with E-state index in [0.29, 0.717) is 20.9 Å². The van der Waals surface area contributed by atoms with Gasteiger partial charge in [-0.25, -0.2) is 9.67 Å². The van der Waals surface area contributed by atoms with E-state index in [1.165, 1.54) is 16.7 Å². The summed E-state index contributed by atoms with van der Waals surface area (Å²) < 4.78 is 2.28. The van der Waals surface area contributed by atoms with Gasteiger partial charge in [-0.2, -0.15) is 0 Å². The topological polar surface area (TPSA) is 51.0 Å². The number of hydrogen-bond acceptors (Lipinski definition) is 5. The first-order valence-electron chi connectivity index (χ1n) is 7.93. The molecule has 0 aliphatic carbocycles. The minimum absolute atomic E-state index is 0.121. The first-order chi connectivity index (χ1) is 12.6. The Morgan fingerprint density at radius 3 is 2.31 bits per heavy atom. The van der Waals surface area contributed by atoms with Gasteiger partial charge in [-0.15, -0.1) is 5.10 Å². The van der Waals surface area contributed by atoms with Gasteiger partial charge in [0.2, 0.25) is 0 Å². The molecule has 4 rings (SSSR count). The summed E-state index contributed by atoms with van der Waals surface area (Å²) in [6, 6.07) is 19.5. The fourth-order valence-corrected chi connectivity index (χ4v) is 3.70. The Morgan fingerprint density at radius 2 is 1.69 bits per heavy atom. The summed E-state index contributed by atoms with van der Waals surface area (Å²) >= 11 is 6.48. The van der Waals surface area contributed by atoms with Crippen LogP contribution in [0.3, 0.4) is 0 Å². The van der Waals surface area contributed by atoms with Crippen LogP contribution in [0, 0.1) is 0 Å². The highest BCUT2D eigenvalue weighted by molar-refractivity contribution is 8.26. The maximum atomic E-state index is 12.3. The molecule has 1 fully saturated rings. The van der Waals surface area contributed by atoms with Gasteiger partial charge in [-0.05, 0) is 12.1 Å². The lowest BCUT2D eigenvalue weighted by Gasteiger charge is -2.04. The first kappa shape index (κ1) is 16.7. The second-order valence-corrected chi connectivity index (χ2v) is 7.32. The standard InChI is InChI=1S/C19H14N4OS2/c1-22-18(24)15(26-19(22)25)12-16-20-17(13-8-4-2-5-9-13)21-23(16)14-10-6-3-7-11-14/h2-12H,1H3/b15-12+. The largest absolute Gasteiger partial charge is 0.296 e. The van der Waals surface area contributed by atoms with E-state index in [-0.39, 0.29) is 5.91 Å². The van der Waals surface area contributed by atoms with Crippen molar-refractivity contribution in [3.63, 3.8) is 0 Å². The fraction of sp³-hybridized carbons (Fsp3) is 0.0526. The second-order valence-electron chi connectivity index (χ2n) is 5.65. The lowest BCUT2D eigenvalue weighted by molar-refractivity contribution is -0.121. The van der Waals surface area contributed by atoms with Crippen LogP contribution in [0.25, 0.3) is 23.2 Å². The Hall–Kier alpha value is -2.77. The molecule has 0 saturated carbocycles. The molecule has 7 heteroatoms. The van der Waals surface area contributed by atoms with E-state index in [4.69, 9.17) is 12.2 Å². The number of carbonyl (C=O) groups excluding carboxylic acids is 1. The van der Waals surface area contributed by atoms with Gasteiger partial charge in [0, 0.05) is 18.7 Å². The molecule has 0 spiro atoms. The molecule has 0 bridgehead atoms. The van der Waals surface area contributed by atoms with Crippen LogP contribution in [-0.4, -0.2) is 36.9 Å². The molecule has 1 saturated heterocycles. The molecule has 3 aromatic rings. The number of hydrogen-bond donors (Lipinski definition) is 0. The number of para-hydroxylation sites is 1. The molecule has 0 unspecified atom stereocenters. The van der Waals surface area contributed by atoms with Gasteiger partial charge in [-0.3, -0.25) is 9.69 Å². The molecule has 1 aliphatic rings. The fourth-order valence-electron chi connectivity index (χ4n) is 2.55. The molecule has 5 nitrogen and oxygen atoms in total. The monoisotopic (exact) mass is 378 g/mol. The van der Waals surface area contributed by atoms with E-state index < -0.39 is 0 Å². The van der Waals surface area contributed by atoms with Crippen molar-refractivity contribution in [1.29, 1.82) is 0 Å². The zero-order chi connectivity index (χ0) is 18.1. The maximum absolute atomic E-state index is 12.3. The minimum atomic E-state index is -0.121. The average Bonchev–Trinajstić information content (AvgIpc) is 3.21. The number of amides is 1. The molecule has 1 aromatic heterocycles. The predicted octanol–water partition coefficient (Wildman–Crippen LogP) is 3.77. The Labute approximate surface area is 160 Å². The van der Waals surface area contributed by atoms with Crippen molar-refractivity contribution >= 4 is 40.3 Å². The van der Waals surface area contributed by atoms with Crippen molar-refractivity contribution < 1.29 is 4.79 Å². The molecule has 128 valence electrons. The highest BCUT2D eigenvalue weighted by atomic mass is 32.2. The Balaban J connectivity index is 1.84. The zero-order valence-electron chi connectivity index (χ0n) is 13.9. The zero-order valence-corrected chi connectivity index (χ0v) is 15.5. The van der Waals surface area contributed by atoms with Crippen molar-refractivity contribution in [2.45, 2.75) is 0 Å². The van der Waals surface area contributed by atoms with Crippen molar-refractivity contribution in [3.05, 3.63) is 71.4 Å². The van der Waals surface area contributed by atoms with Crippen molar-refractivity contribution in [2.75, 3.05) is 7.05 Å². The second kappa shape index (κ2) is 6.86. The molecule has 2 heterocycles. The van der Waals surface area contributed by atoms with Gasteiger partial charge >= 0.3 is 0 Å². The first-order valence-corrected chi connectivity index (χ1v) is 9.15. The summed E-state index contributed by atoms with van der Waals surface area (Å²) in [7, 11) is 1.68. The average molecular weight is 378 g/mol. The SMILES string of the molecule is CN1C(=O)/C(=C\c2nc(-c3ccccc3)nn2-c2ccccc2)SC1=S. The Bertz CT molecular complexity index is 1010. The quantitative estimate of drug-likeness (QED) is 0.513. The molecule has 1 aliphatic heterocycles. The number of aromatic nitrogens is 3. The number of carbonyl (C=O) groups is 1. The third kappa shape index (κ3) is 3.07. The highest BCUT2D eigenvalue weighted by Crippen LogP contribution is 2.31. The van der Waals surface area contributed by atoms with E-state index in [0.717, 1.165) is 11.3 Å². The van der Waals surface area contributed by atoms with Gasteiger partial charge in [0.25, 0.3) is 5.91 Å². The van der Waals surface area contributed by atoms with Gasteiger partial charge in [0.1, 0.15) is 4.32 Å². The minimum Gasteiger partial charge on any atom is -0.296 e. The van der Waals surface area contributed by atoms with Gasteiger partial charge in [-0.1, -0.05) is 72.5 Å². The van der Waals surface area contributed by atoms with E-state index in [2.05, 4.69) is 10.1 Å². The third-order valence-corrected chi connectivity index (χ3v) is 5.40. The normalized spacial score (nSPS) is 15.9. The molecule has 0 atom stereocenters. The lowest BCUT2D eigenvalue weighted by atomic mass is 10.2. The van der Waals surface area contributed by atoms with E-state index in [1.54, 1.807) is 17.8 Å². The summed E-state index contributed by atoms with van der Waals surface area (Å²) in [4.78, 5) is 19.0. The number of thioether (sulfide) groups is 1. The van der Waals surface area contributed by atoms with Gasteiger partial charge in [0.05, 0.1) is 10.6 Å². The van der Waals surface area contributed by atoms with Crippen LogP contribution in [0.4, 0.5) is 0 Å². The summed E-state index contributed by atoms with van der Waals surface area (Å²) in [6.45, 7) is 0. The molecule has 26 heavy (non-hydrogen) atoms. The van der Waals surface area contributed by atoms with Crippen LogP contribution in [-0.2, 0) is 4.79 Å². The number of thiocarbonyl (C=S) groups is 1. The smallest absolute Gasteiger partial charge is 0.266 e. The van der Waals surface area contributed by atoms with E-state index in [9.17, 15) is 4.79 Å². The van der Waals surface area contributed by atoms with Crippen molar-refractivity contribution in [3.8, 4) is 17.1 Å². The lowest BCUT2D eigenvalue weighted by Crippen LogP contribution is -2.22. The third-order valence-electron chi connectivity index (χ3n) is 3.91. The molecule has 0 radical (unpaired) electrons. The summed E-state index contributed by atoms with van der Waals surface area (Å²) in [6.07, 6.45) is 1.75. The van der Waals surface area contributed by atoms with Crippen molar-refractivity contribution in [2.24, 2.45) is 0 Å². The number of rotatable bonds is 3. The van der Waals surface area contributed by atoms with Gasteiger partial charge < -0.3 is 0 Å². The Morgan fingerprint density at radius 1 is 1.04 bits per heavy atom. The van der Waals surface area contributed by atoms with Crippen LogP contribution in [0.5, 0.6) is 0 Å². The van der Waals surface area contributed by atoms with Crippen LogP contribution in [0.2, 0.25) is 0 Å². The summed E-state index contributed by atoms with van der Waals surface area (Å²) in [5, 5.41) is 4.65. The number of likely N-dealkylation sites (N-methyl/N-ethyl adjacent to an activating group) is 1. The number of nitrogens with zero attached hydrogens (tertiary/aromatic N) is 4. The molecular weight excluding hydrogens is 364 g/mol. The maximum Gasteiger partial charge on any atom is 0.266 e. The highest BCUT2D eigenvalue weighted by Gasteiger charge is 2.29. The molecular formula is C19H14N4OS2. The van der Waals surface area contributed by atoms with E-state index >= 15 is 0 Å². The molecule has 2 aromatic carbocycles. The van der Waals surface area contributed by atoms with Crippen LogP contribution >= 0.6 is 24.0 Å². The molecule has 1 amide bonds. The van der Waals surface area contributed by atoms with E-state index in [1.807, 2.05) is 60.7 Å². The molecule has 0 N–H and O–H groups in total.